The normalized spacial score (nSPS) is 14.6. The third-order valence-electron chi connectivity index (χ3n) is 4.93. The van der Waals surface area contributed by atoms with E-state index in [1.165, 1.54) is 19.2 Å². The van der Waals surface area contributed by atoms with Gasteiger partial charge >= 0.3 is 5.97 Å². The molecule has 1 heterocycles. The molecule has 0 bridgehead atoms. The number of hydrogen-bond acceptors (Lipinski definition) is 6. The monoisotopic (exact) mass is 409 g/mol. The van der Waals surface area contributed by atoms with Gasteiger partial charge in [-0.3, -0.25) is 19.8 Å². The zero-order valence-corrected chi connectivity index (χ0v) is 16.7. The topological polar surface area (TPSA) is 93.0 Å². The van der Waals surface area contributed by atoms with Gasteiger partial charge in [0.2, 0.25) is 0 Å². The average Bonchev–Trinajstić information content (AvgIpc) is 2.79. The van der Waals surface area contributed by atoms with Gasteiger partial charge in [-0.05, 0) is 11.6 Å². The van der Waals surface area contributed by atoms with Crippen LogP contribution in [-0.2, 0) is 4.74 Å². The van der Waals surface area contributed by atoms with Crippen LogP contribution in [0.25, 0.3) is 6.08 Å². The molecular formula is C22H23N3O5. The highest BCUT2D eigenvalue weighted by Gasteiger charge is 2.24. The van der Waals surface area contributed by atoms with Crippen molar-refractivity contribution in [2.75, 3.05) is 39.8 Å². The number of hydrogen-bond donors (Lipinski definition) is 0. The van der Waals surface area contributed by atoms with Crippen LogP contribution in [0.4, 0.5) is 5.69 Å². The van der Waals surface area contributed by atoms with Crippen molar-refractivity contribution in [3.8, 4) is 0 Å². The number of benzene rings is 2. The summed E-state index contributed by atoms with van der Waals surface area (Å²) in [6.07, 6.45) is 4.16. The molecule has 2 aromatic rings. The van der Waals surface area contributed by atoms with Crippen LogP contribution >= 0.6 is 0 Å². The summed E-state index contributed by atoms with van der Waals surface area (Å²) in [6.45, 7) is 3.19. The number of rotatable bonds is 6. The molecule has 0 spiro atoms. The van der Waals surface area contributed by atoms with Gasteiger partial charge in [0, 0.05) is 50.4 Å². The second kappa shape index (κ2) is 9.80. The molecule has 0 N–H and O–H groups in total. The summed E-state index contributed by atoms with van der Waals surface area (Å²) >= 11 is 0. The summed E-state index contributed by atoms with van der Waals surface area (Å²) < 4.78 is 4.64. The van der Waals surface area contributed by atoms with Crippen LogP contribution in [0, 0.1) is 10.1 Å². The molecule has 0 aromatic heterocycles. The van der Waals surface area contributed by atoms with Crippen molar-refractivity contribution in [3.63, 3.8) is 0 Å². The molecule has 2 aromatic carbocycles. The van der Waals surface area contributed by atoms with Crippen LogP contribution in [-0.4, -0.2) is 66.4 Å². The first-order valence-electron chi connectivity index (χ1n) is 9.59. The van der Waals surface area contributed by atoms with Gasteiger partial charge < -0.3 is 9.64 Å². The van der Waals surface area contributed by atoms with Crippen LogP contribution in [0.1, 0.15) is 26.3 Å². The summed E-state index contributed by atoms with van der Waals surface area (Å²) in [5.41, 5.74) is 0.922. The largest absolute Gasteiger partial charge is 0.465 e. The molecule has 3 rings (SSSR count). The van der Waals surface area contributed by atoms with E-state index >= 15 is 0 Å². The number of esters is 1. The zero-order chi connectivity index (χ0) is 21.5. The van der Waals surface area contributed by atoms with Gasteiger partial charge in [0.25, 0.3) is 11.6 Å². The van der Waals surface area contributed by atoms with Crippen molar-refractivity contribution in [2.24, 2.45) is 0 Å². The molecule has 1 aliphatic heterocycles. The van der Waals surface area contributed by atoms with E-state index in [2.05, 4.69) is 21.8 Å². The smallest absolute Gasteiger partial charge is 0.338 e. The van der Waals surface area contributed by atoms with Crippen LogP contribution in [0.2, 0.25) is 0 Å². The summed E-state index contributed by atoms with van der Waals surface area (Å²) in [7, 11) is 1.19. The van der Waals surface area contributed by atoms with Crippen LogP contribution < -0.4 is 0 Å². The lowest BCUT2D eigenvalue weighted by atomic mass is 10.1. The predicted octanol–water partition coefficient (Wildman–Crippen LogP) is 2.85. The van der Waals surface area contributed by atoms with E-state index in [1.54, 1.807) is 4.90 Å². The molecular weight excluding hydrogens is 386 g/mol. The Bertz CT molecular complexity index is 951. The number of carbonyl (C=O) groups is 2. The van der Waals surface area contributed by atoms with E-state index in [0.29, 0.717) is 26.2 Å². The molecule has 8 heteroatoms. The number of piperazine rings is 1. The molecule has 1 saturated heterocycles. The molecule has 0 atom stereocenters. The summed E-state index contributed by atoms with van der Waals surface area (Å²) in [4.78, 5) is 39.1. The van der Waals surface area contributed by atoms with Crippen molar-refractivity contribution >= 4 is 23.6 Å². The highest BCUT2D eigenvalue weighted by atomic mass is 16.6. The number of ether oxygens (including phenoxy) is 1. The fourth-order valence-corrected chi connectivity index (χ4v) is 3.29. The van der Waals surface area contributed by atoms with Gasteiger partial charge in [-0.1, -0.05) is 42.5 Å². The van der Waals surface area contributed by atoms with Crippen molar-refractivity contribution in [3.05, 3.63) is 81.4 Å². The van der Waals surface area contributed by atoms with Gasteiger partial charge in [-0.2, -0.15) is 0 Å². The van der Waals surface area contributed by atoms with E-state index in [1.807, 2.05) is 30.3 Å². The molecule has 8 nitrogen and oxygen atoms in total. The molecule has 1 amide bonds. The van der Waals surface area contributed by atoms with Crippen molar-refractivity contribution in [2.45, 2.75) is 0 Å². The minimum absolute atomic E-state index is 0.0141. The summed E-state index contributed by atoms with van der Waals surface area (Å²) in [5.74, 6) is -1.05. The molecule has 0 saturated carbocycles. The number of methoxy groups -OCH3 is 1. The summed E-state index contributed by atoms with van der Waals surface area (Å²) in [5, 5.41) is 11.2. The Balaban J connectivity index is 1.62. The lowest BCUT2D eigenvalue weighted by Gasteiger charge is -2.34. The minimum Gasteiger partial charge on any atom is -0.465 e. The average molecular weight is 409 g/mol. The highest BCUT2D eigenvalue weighted by molar-refractivity contribution is 5.99. The molecule has 1 fully saturated rings. The first-order chi connectivity index (χ1) is 14.5. The Labute approximate surface area is 174 Å². The van der Waals surface area contributed by atoms with Crippen molar-refractivity contribution in [1.82, 2.24) is 9.80 Å². The Morgan fingerprint density at radius 3 is 2.37 bits per heavy atom. The van der Waals surface area contributed by atoms with Gasteiger partial charge in [0.1, 0.15) is 0 Å². The lowest BCUT2D eigenvalue weighted by molar-refractivity contribution is -0.384. The van der Waals surface area contributed by atoms with Crippen LogP contribution in [0.5, 0.6) is 0 Å². The van der Waals surface area contributed by atoms with Crippen LogP contribution in [0.3, 0.4) is 0 Å². The number of nitro groups is 1. The molecule has 1 aliphatic rings. The van der Waals surface area contributed by atoms with E-state index in [4.69, 9.17) is 0 Å². The molecule has 0 aliphatic carbocycles. The standard InChI is InChI=1S/C22H23N3O5/c1-30-22(27)19-14-18(15-20(16-19)25(28)29)21(26)24-12-10-23(11-13-24)9-5-8-17-6-3-2-4-7-17/h2-8,14-16H,9-13H2,1H3/b8-5+. The quantitative estimate of drug-likeness (QED) is 0.414. The van der Waals surface area contributed by atoms with Crippen molar-refractivity contribution < 1.29 is 19.2 Å². The maximum Gasteiger partial charge on any atom is 0.338 e. The Morgan fingerprint density at radius 1 is 1.07 bits per heavy atom. The van der Waals surface area contributed by atoms with Gasteiger partial charge in [-0.15, -0.1) is 0 Å². The number of amides is 1. The van der Waals surface area contributed by atoms with E-state index < -0.39 is 10.9 Å². The summed E-state index contributed by atoms with van der Waals surface area (Å²) in [6, 6.07) is 13.7. The first kappa shape index (κ1) is 21.2. The fraction of sp³-hybridized carbons (Fsp3) is 0.273. The van der Waals surface area contributed by atoms with Crippen molar-refractivity contribution in [1.29, 1.82) is 0 Å². The van der Waals surface area contributed by atoms with E-state index in [9.17, 15) is 19.7 Å². The molecule has 30 heavy (non-hydrogen) atoms. The number of nitro benzene ring substituents is 1. The van der Waals surface area contributed by atoms with Gasteiger partial charge in [0.05, 0.1) is 17.6 Å². The Morgan fingerprint density at radius 2 is 1.73 bits per heavy atom. The predicted molar refractivity (Wildman–Crippen MR) is 112 cm³/mol. The van der Waals surface area contributed by atoms with Crippen LogP contribution in [0.15, 0.2) is 54.6 Å². The second-order valence-electron chi connectivity index (χ2n) is 6.92. The lowest BCUT2D eigenvalue weighted by Crippen LogP contribution is -2.48. The first-order valence-corrected chi connectivity index (χ1v) is 9.59. The maximum absolute atomic E-state index is 12.9. The molecule has 156 valence electrons. The Kier molecular flexibility index (Phi) is 6.92. The SMILES string of the molecule is COC(=O)c1cc(C(=O)N2CCN(C/C=C/c3ccccc3)CC2)cc([N+](=O)[O-])c1. The number of nitrogens with zero attached hydrogens (tertiary/aromatic N) is 3. The third-order valence-corrected chi connectivity index (χ3v) is 4.93. The molecule has 0 unspecified atom stereocenters. The minimum atomic E-state index is -0.720. The van der Waals surface area contributed by atoms with Gasteiger partial charge in [0.15, 0.2) is 0 Å². The Hall–Kier alpha value is -3.52. The van der Waals surface area contributed by atoms with E-state index in [-0.39, 0.29) is 22.7 Å². The number of carbonyl (C=O) groups excluding carboxylic acids is 2. The second-order valence-corrected chi connectivity index (χ2v) is 6.92. The zero-order valence-electron chi connectivity index (χ0n) is 16.7. The maximum atomic E-state index is 12.9. The number of non-ortho nitro benzene ring substituents is 1. The van der Waals surface area contributed by atoms with Gasteiger partial charge in [-0.25, -0.2) is 4.79 Å². The van der Waals surface area contributed by atoms with E-state index in [0.717, 1.165) is 18.2 Å². The highest BCUT2D eigenvalue weighted by Crippen LogP contribution is 2.20. The molecule has 0 radical (unpaired) electrons. The third kappa shape index (κ3) is 5.30. The fourth-order valence-electron chi connectivity index (χ4n) is 3.29.